The number of nitrogens with one attached hydrogen (secondary N) is 1. The Labute approximate surface area is 159 Å². The molecule has 0 spiro atoms. The van der Waals surface area contributed by atoms with Crippen LogP contribution in [0.4, 0.5) is 10.1 Å². The van der Waals surface area contributed by atoms with E-state index in [1.165, 1.54) is 24.7 Å². The van der Waals surface area contributed by atoms with E-state index in [1.807, 2.05) is 0 Å². The number of aromatic nitrogens is 2. The minimum atomic E-state index is -0.655. The molecular weight excluding hydrogens is 363 g/mol. The van der Waals surface area contributed by atoms with Gasteiger partial charge in [0.25, 0.3) is 11.8 Å². The minimum absolute atomic E-state index is 0.0409. The van der Waals surface area contributed by atoms with Crippen molar-refractivity contribution in [1.29, 1.82) is 0 Å². The van der Waals surface area contributed by atoms with Gasteiger partial charge in [0.15, 0.2) is 0 Å². The van der Waals surface area contributed by atoms with Gasteiger partial charge in [-0.05, 0) is 29.8 Å². The fraction of sp³-hybridized carbons (Fsp3) is 0.100. The van der Waals surface area contributed by atoms with Crippen LogP contribution >= 0.6 is 0 Å². The molecule has 140 valence electrons. The van der Waals surface area contributed by atoms with Gasteiger partial charge < -0.3 is 14.6 Å². The number of nitrogens with zero attached hydrogens (tertiary/aromatic N) is 3. The number of fused-ring (bicyclic) bond motifs is 1. The Morgan fingerprint density at radius 3 is 2.96 bits per heavy atom. The summed E-state index contributed by atoms with van der Waals surface area (Å²) in [4.78, 5) is 32.6. The molecule has 0 atom stereocenters. The summed E-state index contributed by atoms with van der Waals surface area (Å²) in [7, 11) is 0. The Morgan fingerprint density at radius 2 is 2.11 bits per heavy atom. The molecule has 0 saturated carbocycles. The van der Waals surface area contributed by atoms with E-state index < -0.39 is 11.8 Å². The maximum absolute atomic E-state index is 13.3. The number of halogens is 1. The van der Waals surface area contributed by atoms with E-state index in [0.717, 1.165) is 5.56 Å². The number of imidazole rings is 1. The number of hydrogen-bond acceptors (Lipinski definition) is 4. The van der Waals surface area contributed by atoms with Crippen molar-refractivity contribution in [3.8, 4) is 5.75 Å². The van der Waals surface area contributed by atoms with Crippen LogP contribution in [0.1, 0.15) is 16.1 Å². The zero-order valence-corrected chi connectivity index (χ0v) is 14.6. The third-order valence-electron chi connectivity index (χ3n) is 4.10. The lowest BCUT2D eigenvalue weighted by atomic mass is 10.2. The highest BCUT2D eigenvalue weighted by atomic mass is 19.1. The van der Waals surface area contributed by atoms with Gasteiger partial charge in [0.05, 0.1) is 12.0 Å². The van der Waals surface area contributed by atoms with E-state index in [4.69, 9.17) is 4.74 Å². The Balaban J connectivity index is 1.49. The molecule has 0 radical (unpaired) electrons. The standard InChI is InChI=1S/C20H15FN4O3/c21-14-5-3-4-13(8-14)9-25-10-16(22-12-25)19(26)24-17-11-28-18-7-2-1-6-15(18)23-20(17)27/h1-8,10,12H,9,11H2,(H,23,27). The zero-order chi connectivity index (χ0) is 19.5. The molecule has 2 amide bonds. The largest absolute Gasteiger partial charge is 0.485 e. The summed E-state index contributed by atoms with van der Waals surface area (Å²) in [6.07, 6.45) is 2.96. The van der Waals surface area contributed by atoms with Crippen molar-refractivity contribution in [3.05, 3.63) is 78.1 Å². The number of anilines is 1. The molecule has 0 aliphatic carbocycles. The van der Waals surface area contributed by atoms with Gasteiger partial charge in [-0.2, -0.15) is 0 Å². The van der Waals surface area contributed by atoms with Crippen molar-refractivity contribution >= 4 is 23.2 Å². The highest BCUT2D eigenvalue weighted by Gasteiger charge is 2.21. The Hall–Kier alpha value is -3.81. The zero-order valence-electron chi connectivity index (χ0n) is 14.6. The highest BCUT2D eigenvalue weighted by molar-refractivity contribution is 6.45. The van der Waals surface area contributed by atoms with Crippen molar-refractivity contribution in [3.63, 3.8) is 0 Å². The molecule has 2 heterocycles. The monoisotopic (exact) mass is 378 g/mol. The van der Waals surface area contributed by atoms with Crippen LogP contribution in [0.3, 0.4) is 0 Å². The number of aliphatic imine (C=N–C) groups is 1. The third kappa shape index (κ3) is 3.80. The van der Waals surface area contributed by atoms with Crippen molar-refractivity contribution in [2.24, 2.45) is 4.99 Å². The van der Waals surface area contributed by atoms with Crippen molar-refractivity contribution < 1.29 is 18.7 Å². The van der Waals surface area contributed by atoms with Crippen molar-refractivity contribution in [2.75, 3.05) is 11.9 Å². The first-order valence-electron chi connectivity index (χ1n) is 8.50. The maximum Gasteiger partial charge on any atom is 0.297 e. The molecule has 1 N–H and O–H groups in total. The SMILES string of the molecule is O=C1Nc2ccccc2OCC1=NC(=O)c1cn(Cc2cccc(F)c2)cn1. The van der Waals surface area contributed by atoms with E-state index in [2.05, 4.69) is 15.3 Å². The number of carbonyl (C=O) groups excluding carboxylic acids is 2. The number of benzene rings is 2. The second-order valence-corrected chi connectivity index (χ2v) is 6.16. The summed E-state index contributed by atoms with van der Waals surface area (Å²) in [5.41, 5.74) is 1.29. The topological polar surface area (TPSA) is 85.6 Å². The number of rotatable bonds is 3. The van der Waals surface area contributed by atoms with Gasteiger partial charge in [0.1, 0.15) is 29.6 Å². The van der Waals surface area contributed by atoms with Gasteiger partial charge in [0, 0.05) is 12.7 Å². The summed E-state index contributed by atoms with van der Waals surface area (Å²) in [5.74, 6) is -0.983. The molecule has 4 rings (SSSR count). The molecule has 1 aliphatic rings. The fourth-order valence-corrected chi connectivity index (χ4v) is 2.77. The van der Waals surface area contributed by atoms with Gasteiger partial charge in [0.2, 0.25) is 0 Å². The predicted molar refractivity (Wildman–Crippen MR) is 100 cm³/mol. The van der Waals surface area contributed by atoms with Crippen LogP contribution in [0, 0.1) is 5.82 Å². The molecule has 1 aromatic heterocycles. The third-order valence-corrected chi connectivity index (χ3v) is 4.10. The van der Waals surface area contributed by atoms with Crippen LogP contribution in [0.15, 0.2) is 66.0 Å². The number of amides is 2. The molecule has 0 unspecified atom stereocenters. The number of hydrogen-bond donors (Lipinski definition) is 1. The van der Waals surface area contributed by atoms with Gasteiger partial charge >= 0.3 is 0 Å². The Kier molecular flexibility index (Phi) is 4.67. The van der Waals surface area contributed by atoms with Crippen LogP contribution in [0.5, 0.6) is 5.75 Å². The van der Waals surface area contributed by atoms with Crippen LogP contribution in [-0.2, 0) is 11.3 Å². The Bertz CT molecular complexity index is 1090. The average molecular weight is 378 g/mol. The summed E-state index contributed by atoms with van der Waals surface area (Å²) in [6, 6.07) is 13.1. The smallest absolute Gasteiger partial charge is 0.297 e. The maximum atomic E-state index is 13.3. The molecule has 0 bridgehead atoms. The summed E-state index contributed by atoms with van der Waals surface area (Å²) >= 11 is 0. The first kappa shape index (κ1) is 17.6. The number of ether oxygens (including phenoxy) is 1. The molecule has 28 heavy (non-hydrogen) atoms. The second kappa shape index (κ2) is 7.43. The van der Waals surface area contributed by atoms with Crippen molar-refractivity contribution in [2.45, 2.75) is 6.54 Å². The van der Waals surface area contributed by atoms with E-state index in [9.17, 15) is 14.0 Å². The average Bonchev–Trinajstić information content (AvgIpc) is 3.08. The molecule has 8 heteroatoms. The van der Waals surface area contributed by atoms with Gasteiger partial charge in [-0.3, -0.25) is 9.59 Å². The molecule has 7 nitrogen and oxygen atoms in total. The van der Waals surface area contributed by atoms with Gasteiger partial charge in [-0.1, -0.05) is 24.3 Å². The Morgan fingerprint density at radius 1 is 1.25 bits per heavy atom. The van der Waals surface area contributed by atoms with Crippen LogP contribution in [-0.4, -0.2) is 33.7 Å². The predicted octanol–water partition coefficient (Wildman–Crippen LogP) is 2.68. The van der Waals surface area contributed by atoms with E-state index >= 15 is 0 Å². The lowest BCUT2D eigenvalue weighted by Gasteiger charge is -2.04. The van der Waals surface area contributed by atoms with Crippen molar-refractivity contribution in [1.82, 2.24) is 9.55 Å². The molecule has 0 saturated heterocycles. The first-order chi connectivity index (χ1) is 13.6. The number of para-hydroxylation sites is 2. The summed E-state index contributed by atoms with van der Waals surface area (Å²) in [6.45, 7) is 0.228. The first-order valence-corrected chi connectivity index (χ1v) is 8.50. The van der Waals surface area contributed by atoms with E-state index in [1.54, 1.807) is 41.0 Å². The second-order valence-electron chi connectivity index (χ2n) is 6.16. The minimum Gasteiger partial charge on any atom is -0.485 e. The highest BCUT2D eigenvalue weighted by Crippen LogP contribution is 2.25. The van der Waals surface area contributed by atoms with E-state index in [0.29, 0.717) is 18.0 Å². The molecular formula is C20H15FN4O3. The lowest BCUT2D eigenvalue weighted by molar-refractivity contribution is -0.110. The van der Waals surface area contributed by atoms with Gasteiger partial charge in [-0.15, -0.1) is 0 Å². The number of carbonyl (C=O) groups is 2. The lowest BCUT2D eigenvalue weighted by Crippen LogP contribution is -2.26. The van der Waals surface area contributed by atoms with Gasteiger partial charge in [-0.25, -0.2) is 14.4 Å². The quantitative estimate of drug-likeness (QED) is 0.759. The molecule has 1 aliphatic heterocycles. The summed E-state index contributed by atoms with van der Waals surface area (Å²) in [5, 5.41) is 2.66. The van der Waals surface area contributed by atoms with Crippen LogP contribution in [0.2, 0.25) is 0 Å². The van der Waals surface area contributed by atoms with E-state index in [-0.39, 0.29) is 23.8 Å². The molecule has 2 aromatic carbocycles. The summed E-state index contributed by atoms with van der Waals surface area (Å²) < 4.78 is 20.5. The van der Waals surface area contributed by atoms with Crippen LogP contribution < -0.4 is 10.1 Å². The molecule has 3 aromatic rings. The normalized spacial score (nSPS) is 14.8. The fourth-order valence-electron chi connectivity index (χ4n) is 2.77. The van der Waals surface area contributed by atoms with Crippen LogP contribution in [0.25, 0.3) is 0 Å². The molecule has 0 fully saturated rings.